The quantitative estimate of drug-likeness (QED) is 0.483. The molecule has 4 aromatic rings. The van der Waals surface area contributed by atoms with Crippen LogP contribution >= 0.6 is 11.6 Å². The van der Waals surface area contributed by atoms with Gasteiger partial charge in [0.2, 0.25) is 0 Å². The van der Waals surface area contributed by atoms with Crippen molar-refractivity contribution >= 4 is 28.9 Å². The van der Waals surface area contributed by atoms with Crippen molar-refractivity contribution in [3.63, 3.8) is 0 Å². The van der Waals surface area contributed by atoms with E-state index in [4.69, 9.17) is 16.6 Å². The number of nitrogens with one attached hydrogen (secondary N) is 2. The second-order valence-corrected chi connectivity index (χ2v) is 7.92. The fourth-order valence-electron chi connectivity index (χ4n) is 3.66. The number of carbonyl (C=O) groups is 1. The Labute approximate surface area is 179 Å². The van der Waals surface area contributed by atoms with Crippen molar-refractivity contribution in [2.75, 3.05) is 6.54 Å². The number of carbonyl (C=O) groups excluding carboxylic acids is 1. The number of H-pyrrole nitrogens is 1. The molecule has 1 aliphatic heterocycles. The first-order valence-corrected chi connectivity index (χ1v) is 10.2. The van der Waals surface area contributed by atoms with E-state index < -0.39 is 0 Å². The van der Waals surface area contributed by atoms with E-state index in [1.807, 2.05) is 25.1 Å². The molecule has 0 spiro atoms. The number of aryl methyl sites for hydroxylation is 1. The van der Waals surface area contributed by atoms with Gasteiger partial charge in [-0.25, -0.2) is 4.98 Å². The third-order valence-corrected chi connectivity index (χ3v) is 5.84. The summed E-state index contributed by atoms with van der Waals surface area (Å²) in [4.78, 5) is 20.2. The van der Waals surface area contributed by atoms with Gasteiger partial charge in [-0.1, -0.05) is 23.7 Å². The van der Waals surface area contributed by atoms with Gasteiger partial charge in [-0.05, 0) is 63.1 Å². The highest BCUT2D eigenvalue weighted by Crippen LogP contribution is 2.31. The normalized spacial score (nSPS) is 18.2. The first-order valence-electron chi connectivity index (χ1n) is 9.83. The summed E-state index contributed by atoms with van der Waals surface area (Å²) in [6.45, 7) is 5.28. The number of rotatable bonds is 3. The van der Waals surface area contributed by atoms with Gasteiger partial charge in [0.25, 0.3) is 0 Å². The van der Waals surface area contributed by atoms with Crippen LogP contribution in [0.15, 0.2) is 48.8 Å². The minimum Gasteiger partial charge on any atom is -0.340 e. The van der Waals surface area contributed by atoms with Crippen LogP contribution in [0.5, 0.6) is 0 Å². The zero-order valence-electron chi connectivity index (χ0n) is 16.9. The molecule has 0 bridgehead atoms. The molecule has 0 unspecified atom stereocenters. The molecule has 1 atom stereocenters. The molecule has 2 aromatic heterocycles. The van der Waals surface area contributed by atoms with E-state index >= 15 is 0 Å². The molecule has 154 valence electrons. The highest BCUT2D eigenvalue weighted by Gasteiger charge is 2.33. The first-order chi connectivity index (χ1) is 14.5. The zero-order valence-corrected chi connectivity index (χ0v) is 17.6. The van der Waals surface area contributed by atoms with E-state index in [1.165, 1.54) is 11.2 Å². The number of hydrogen-bond donors (Lipinski definition) is 2. The Kier molecular flexibility index (Phi) is 5.65. The first kappa shape index (κ1) is 20.3. The molecule has 1 saturated heterocycles. The Balaban J connectivity index is 0.000000151. The van der Waals surface area contributed by atoms with Gasteiger partial charge in [-0.2, -0.15) is 15.0 Å². The smallest absolute Gasteiger partial charge is 0.152 e. The molecule has 3 heterocycles. The second kappa shape index (κ2) is 8.38. The van der Waals surface area contributed by atoms with Crippen molar-refractivity contribution in [1.29, 1.82) is 0 Å². The summed E-state index contributed by atoms with van der Waals surface area (Å²) in [7, 11) is 0. The number of aromatic amines is 1. The maximum atomic E-state index is 10.7. The van der Waals surface area contributed by atoms with Crippen molar-refractivity contribution in [3.05, 3.63) is 70.8 Å². The Hall–Kier alpha value is -3.03. The van der Waals surface area contributed by atoms with Gasteiger partial charge in [0.05, 0.1) is 34.7 Å². The summed E-state index contributed by atoms with van der Waals surface area (Å²) in [5.74, 6) is 1.02. The topological polar surface area (TPSA) is 88.5 Å². The molecule has 2 N–H and O–H groups in total. The summed E-state index contributed by atoms with van der Waals surface area (Å²) >= 11 is 6.12. The monoisotopic (exact) mass is 422 g/mol. The molecular formula is C22H23ClN6O. The molecule has 0 saturated carbocycles. The lowest BCUT2D eigenvalue weighted by Gasteiger charge is -2.21. The van der Waals surface area contributed by atoms with Gasteiger partial charge in [0.1, 0.15) is 5.82 Å². The average molecular weight is 423 g/mol. The number of para-hydroxylation sites is 1. The Bertz CT molecular complexity index is 1160. The van der Waals surface area contributed by atoms with Crippen molar-refractivity contribution in [2.45, 2.75) is 32.2 Å². The molecule has 30 heavy (non-hydrogen) atoms. The Morgan fingerprint density at radius 3 is 2.63 bits per heavy atom. The predicted molar refractivity (Wildman–Crippen MR) is 117 cm³/mol. The lowest BCUT2D eigenvalue weighted by molar-refractivity contribution is 0.112. The predicted octanol–water partition coefficient (Wildman–Crippen LogP) is 4.20. The zero-order chi connectivity index (χ0) is 21.1. The van der Waals surface area contributed by atoms with Crippen molar-refractivity contribution in [3.8, 4) is 5.69 Å². The van der Waals surface area contributed by atoms with E-state index in [0.29, 0.717) is 11.3 Å². The average Bonchev–Trinajstić information content (AvgIpc) is 3.52. The maximum Gasteiger partial charge on any atom is 0.152 e. The molecule has 5 rings (SSSR count). The van der Waals surface area contributed by atoms with Gasteiger partial charge < -0.3 is 10.3 Å². The number of hydrogen-bond acceptors (Lipinski definition) is 5. The molecule has 1 aliphatic rings. The summed E-state index contributed by atoms with van der Waals surface area (Å²) in [6, 6.07) is 11.1. The van der Waals surface area contributed by atoms with Crippen molar-refractivity contribution in [1.82, 2.24) is 30.3 Å². The fourth-order valence-corrected chi connectivity index (χ4v) is 3.81. The van der Waals surface area contributed by atoms with E-state index in [-0.39, 0.29) is 5.54 Å². The second-order valence-electron chi connectivity index (χ2n) is 7.51. The van der Waals surface area contributed by atoms with Gasteiger partial charge >= 0.3 is 0 Å². The molecule has 7 nitrogen and oxygen atoms in total. The molecule has 0 radical (unpaired) electrons. The van der Waals surface area contributed by atoms with Gasteiger partial charge in [0, 0.05) is 10.6 Å². The van der Waals surface area contributed by atoms with Crippen LogP contribution < -0.4 is 5.32 Å². The largest absolute Gasteiger partial charge is 0.340 e. The van der Waals surface area contributed by atoms with Crippen LogP contribution in [0.1, 0.15) is 41.5 Å². The number of aldehydes is 1. The summed E-state index contributed by atoms with van der Waals surface area (Å²) in [5, 5.41) is 12.2. The Morgan fingerprint density at radius 2 is 1.93 bits per heavy atom. The number of aromatic nitrogens is 5. The molecule has 1 fully saturated rings. The molecule has 0 aliphatic carbocycles. The number of benzene rings is 2. The molecule has 2 aromatic carbocycles. The van der Waals surface area contributed by atoms with Gasteiger partial charge in [0.15, 0.2) is 6.29 Å². The van der Waals surface area contributed by atoms with Crippen LogP contribution in [0.25, 0.3) is 16.7 Å². The van der Waals surface area contributed by atoms with Crippen LogP contribution in [-0.4, -0.2) is 37.8 Å². The van der Waals surface area contributed by atoms with E-state index in [9.17, 15) is 4.79 Å². The number of fused-ring (bicyclic) bond motifs is 1. The summed E-state index contributed by atoms with van der Waals surface area (Å²) in [6.07, 6.45) is 6.26. The number of imidazole rings is 1. The number of nitrogens with zero attached hydrogens (tertiary/aromatic N) is 4. The molecule has 8 heteroatoms. The third-order valence-electron chi connectivity index (χ3n) is 5.43. The van der Waals surface area contributed by atoms with E-state index in [0.717, 1.165) is 46.7 Å². The van der Waals surface area contributed by atoms with E-state index in [1.54, 1.807) is 30.6 Å². The van der Waals surface area contributed by atoms with Crippen molar-refractivity contribution < 1.29 is 4.79 Å². The van der Waals surface area contributed by atoms with Gasteiger partial charge in [-0.15, -0.1) is 0 Å². The third kappa shape index (κ3) is 3.86. The lowest BCUT2D eigenvalue weighted by Crippen LogP contribution is -2.34. The van der Waals surface area contributed by atoms with E-state index in [2.05, 4.69) is 27.4 Å². The summed E-state index contributed by atoms with van der Waals surface area (Å²) in [5.41, 5.74) is 4.37. The standard InChI is InChI=1S/C13H16ClN3.C9H7N3O/c1-8-9(14)4-5-10-11(8)17-12(16-10)13(2)6-3-7-15-13;13-7-8-3-1-2-4-9(8)12-10-5-6-11-12/h4-5,15H,3,6-7H2,1-2H3,(H,16,17);1-7H/t13-;/m0./s1. The summed E-state index contributed by atoms with van der Waals surface area (Å²) < 4.78 is 0. The Morgan fingerprint density at radius 1 is 1.17 bits per heavy atom. The van der Waals surface area contributed by atoms with Gasteiger partial charge in [-0.3, -0.25) is 4.79 Å². The molecule has 0 amide bonds. The maximum absolute atomic E-state index is 10.7. The number of halogens is 1. The van der Waals surface area contributed by atoms with Crippen LogP contribution in [0.4, 0.5) is 0 Å². The highest BCUT2D eigenvalue weighted by molar-refractivity contribution is 6.32. The fraction of sp³-hybridized carbons (Fsp3) is 0.273. The highest BCUT2D eigenvalue weighted by atomic mass is 35.5. The van der Waals surface area contributed by atoms with Crippen LogP contribution in [0.3, 0.4) is 0 Å². The van der Waals surface area contributed by atoms with Crippen LogP contribution in [0, 0.1) is 6.92 Å². The lowest BCUT2D eigenvalue weighted by atomic mass is 10.00. The minimum absolute atomic E-state index is 0.0159. The molecular weight excluding hydrogens is 400 g/mol. The minimum atomic E-state index is -0.0159. The SMILES string of the molecule is Cc1c(Cl)ccc2[nH]c([C@]3(C)CCCN3)nc12.O=Cc1ccccc1-n1nccn1. The van der Waals surface area contributed by atoms with Crippen LogP contribution in [-0.2, 0) is 5.54 Å². The van der Waals surface area contributed by atoms with Crippen molar-refractivity contribution in [2.24, 2.45) is 0 Å². The van der Waals surface area contributed by atoms with Crippen LogP contribution in [0.2, 0.25) is 5.02 Å².